The van der Waals surface area contributed by atoms with Crippen LogP contribution in [0, 0.1) is 0 Å². The Kier molecular flexibility index (Phi) is 9.89. The summed E-state index contributed by atoms with van der Waals surface area (Å²) < 4.78 is 2.39. The zero-order chi connectivity index (χ0) is 10.2. The van der Waals surface area contributed by atoms with Gasteiger partial charge in [0.15, 0.2) is 0 Å². The molecule has 2 aromatic rings. The van der Waals surface area contributed by atoms with Crippen LogP contribution in [0.5, 0.6) is 0 Å². The molecule has 0 heterocycles. The second-order valence-electron chi connectivity index (χ2n) is 2.63. The van der Waals surface area contributed by atoms with Gasteiger partial charge in [0.1, 0.15) is 0 Å². The van der Waals surface area contributed by atoms with Crippen LogP contribution in [0.2, 0.25) is 0 Å². The van der Waals surface area contributed by atoms with E-state index in [-0.39, 0.29) is 27.7 Å². The van der Waals surface area contributed by atoms with Crippen molar-refractivity contribution in [3.05, 3.63) is 60.7 Å². The molecular weight excluding hydrogens is 503 g/mol. The predicted molar refractivity (Wildman–Crippen MR) is 63.7 cm³/mol. The Balaban J connectivity index is 0.000000245. The molecule has 0 N–H and O–H groups in total. The first kappa shape index (κ1) is 15.4. The second kappa shape index (κ2) is 9.63. The number of hydrogen-bond donors (Lipinski definition) is 0. The molecule has 0 nitrogen and oxygen atoms in total. The van der Waals surface area contributed by atoms with Crippen molar-refractivity contribution in [3.63, 3.8) is 0 Å². The van der Waals surface area contributed by atoms with Gasteiger partial charge in [-0.2, -0.15) is 0 Å². The van der Waals surface area contributed by atoms with Crippen molar-refractivity contribution in [2.45, 2.75) is 0 Å². The van der Waals surface area contributed by atoms with Crippen LogP contribution in [0.25, 0.3) is 0 Å². The van der Waals surface area contributed by atoms with Gasteiger partial charge in [0, 0.05) is 0 Å². The molecule has 0 unspecified atom stereocenters. The molecule has 0 aliphatic heterocycles. The first-order valence-corrected chi connectivity index (χ1v) is 5.94. The summed E-state index contributed by atoms with van der Waals surface area (Å²) >= 11 is 5.80. The molecule has 0 bridgehead atoms. The minimum atomic E-state index is 0. The molecular formula is C12H10HgSe2. The fourth-order valence-corrected chi connectivity index (χ4v) is 1.50. The molecule has 0 spiro atoms. The van der Waals surface area contributed by atoms with Gasteiger partial charge in [-0.25, -0.2) is 0 Å². The topological polar surface area (TPSA) is 0 Å². The molecule has 0 saturated heterocycles. The normalized spacial score (nSPS) is 8.00. The monoisotopic (exact) mass is 516 g/mol. The standard InChI is InChI=1S/2C6H6Se.Hg/c2*7-6-4-2-1-3-5-6;/h2*1-5,7H;/q;;+2/p-2. The van der Waals surface area contributed by atoms with Crippen molar-refractivity contribution < 1.29 is 27.7 Å². The average molecular weight is 513 g/mol. The van der Waals surface area contributed by atoms with Crippen LogP contribution in [0.4, 0.5) is 0 Å². The molecule has 0 atom stereocenters. The van der Waals surface area contributed by atoms with Crippen molar-refractivity contribution in [3.8, 4) is 0 Å². The molecule has 3 heteroatoms. The summed E-state index contributed by atoms with van der Waals surface area (Å²) in [5.74, 6) is 0. The van der Waals surface area contributed by atoms with Gasteiger partial charge in [-0.1, -0.05) is 0 Å². The van der Waals surface area contributed by atoms with E-state index >= 15 is 0 Å². The zero-order valence-electron chi connectivity index (χ0n) is 8.30. The third-order valence-electron chi connectivity index (χ3n) is 1.49. The Morgan fingerprint density at radius 1 is 0.533 bits per heavy atom. The van der Waals surface area contributed by atoms with Crippen LogP contribution >= 0.6 is 0 Å². The van der Waals surface area contributed by atoms with Crippen LogP contribution in [-0.4, -0.2) is 32.0 Å². The van der Waals surface area contributed by atoms with E-state index in [2.05, 4.69) is 32.0 Å². The third kappa shape index (κ3) is 8.24. The van der Waals surface area contributed by atoms with E-state index in [1.807, 2.05) is 60.7 Å². The third-order valence-corrected chi connectivity index (χ3v) is 2.63. The Morgan fingerprint density at radius 2 is 0.800 bits per heavy atom. The van der Waals surface area contributed by atoms with Gasteiger partial charge in [-0.05, 0) is 0 Å². The molecule has 2 aromatic carbocycles. The molecule has 0 fully saturated rings. The maximum absolute atomic E-state index is 2.90. The number of rotatable bonds is 0. The molecule has 0 amide bonds. The summed E-state index contributed by atoms with van der Waals surface area (Å²) in [4.78, 5) is 0. The summed E-state index contributed by atoms with van der Waals surface area (Å²) in [7, 11) is 0. The summed E-state index contributed by atoms with van der Waals surface area (Å²) in [5, 5.41) is 0. The minimum absolute atomic E-state index is 0. The van der Waals surface area contributed by atoms with Crippen molar-refractivity contribution >= 4 is 40.9 Å². The van der Waals surface area contributed by atoms with Gasteiger partial charge in [-0.3, -0.25) is 0 Å². The van der Waals surface area contributed by atoms with Crippen molar-refractivity contribution in [1.82, 2.24) is 0 Å². The van der Waals surface area contributed by atoms with Gasteiger partial charge < -0.3 is 0 Å². The predicted octanol–water partition coefficient (Wildman–Crippen LogP) is 0.958. The van der Waals surface area contributed by atoms with Crippen LogP contribution in [0.3, 0.4) is 0 Å². The quantitative estimate of drug-likeness (QED) is 0.462. The summed E-state index contributed by atoms with van der Waals surface area (Å²) in [6.45, 7) is 0. The Labute approximate surface area is 128 Å². The summed E-state index contributed by atoms with van der Waals surface area (Å²) in [6, 6.07) is 20.1. The molecule has 0 aliphatic carbocycles. The van der Waals surface area contributed by atoms with Crippen LogP contribution in [0.1, 0.15) is 0 Å². The summed E-state index contributed by atoms with van der Waals surface area (Å²) in [6.07, 6.45) is 0. The van der Waals surface area contributed by atoms with Crippen molar-refractivity contribution in [2.24, 2.45) is 0 Å². The van der Waals surface area contributed by atoms with E-state index in [4.69, 9.17) is 0 Å². The van der Waals surface area contributed by atoms with E-state index in [1.165, 1.54) is 8.92 Å². The number of benzene rings is 2. The number of hydrogen-bond acceptors (Lipinski definition) is 0. The van der Waals surface area contributed by atoms with E-state index in [0.717, 1.165) is 0 Å². The maximum atomic E-state index is 2.90. The van der Waals surface area contributed by atoms with E-state index in [9.17, 15) is 0 Å². The first-order chi connectivity index (χ1) is 6.79. The van der Waals surface area contributed by atoms with Crippen LogP contribution in [-0.2, 0) is 27.7 Å². The van der Waals surface area contributed by atoms with E-state index in [0.29, 0.717) is 0 Å². The SMILES string of the molecule is [Hg+2].[Se-]c1ccccc1.[Se-]c1ccccc1. The van der Waals surface area contributed by atoms with Crippen molar-refractivity contribution in [1.29, 1.82) is 0 Å². The zero-order valence-corrected chi connectivity index (χ0v) is 17.2. The fourth-order valence-electron chi connectivity index (χ4n) is 0.841. The molecule has 0 aliphatic rings. The molecule has 2 rings (SSSR count). The van der Waals surface area contributed by atoms with Gasteiger partial charge in [0.25, 0.3) is 0 Å². The van der Waals surface area contributed by atoms with Gasteiger partial charge >= 0.3 is 129 Å². The Bertz CT molecular complexity index is 311. The second-order valence-corrected chi connectivity index (χ2v) is 4.60. The molecule has 0 radical (unpaired) electrons. The van der Waals surface area contributed by atoms with Crippen molar-refractivity contribution in [2.75, 3.05) is 0 Å². The average Bonchev–Trinajstić information content (AvgIpc) is 2.21. The Morgan fingerprint density at radius 3 is 0.933 bits per heavy atom. The van der Waals surface area contributed by atoms with Gasteiger partial charge in [0.05, 0.1) is 0 Å². The first-order valence-electron chi connectivity index (χ1n) is 4.23. The van der Waals surface area contributed by atoms with E-state index < -0.39 is 0 Å². The van der Waals surface area contributed by atoms with E-state index in [1.54, 1.807) is 0 Å². The van der Waals surface area contributed by atoms with Crippen LogP contribution in [0.15, 0.2) is 60.7 Å². The molecule has 15 heavy (non-hydrogen) atoms. The molecule has 72 valence electrons. The Hall–Kier alpha value is 0.414. The summed E-state index contributed by atoms with van der Waals surface area (Å²) in [5.41, 5.74) is 0. The van der Waals surface area contributed by atoms with Gasteiger partial charge in [-0.15, -0.1) is 0 Å². The fraction of sp³-hybridized carbons (Fsp3) is 0. The molecule has 0 saturated carbocycles. The molecule has 0 aromatic heterocycles. The van der Waals surface area contributed by atoms with Gasteiger partial charge in [0.2, 0.25) is 0 Å². The van der Waals surface area contributed by atoms with Crippen LogP contribution < -0.4 is 8.92 Å².